The number of aliphatic imine (C=N–C) groups is 2. The molecule has 0 aliphatic rings. The van der Waals surface area contributed by atoms with E-state index in [1.54, 1.807) is 12.4 Å². The van der Waals surface area contributed by atoms with Crippen LogP contribution in [0.1, 0.15) is 138 Å². The van der Waals surface area contributed by atoms with Crippen molar-refractivity contribution in [1.82, 2.24) is 9.97 Å². The minimum absolute atomic E-state index is 0. The van der Waals surface area contributed by atoms with E-state index in [9.17, 15) is 13.2 Å². The van der Waals surface area contributed by atoms with Crippen LogP contribution in [0.25, 0.3) is 0 Å². The van der Waals surface area contributed by atoms with Crippen molar-refractivity contribution >= 4 is 32.9 Å². The molecule has 6 rings (SSSR count). The monoisotopic (exact) mass is 994 g/mol. The number of rotatable bonds is 10. The van der Waals surface area contributed by atoms with Crippen LogP contribution < -0.4 is 0 Å². The molecule has 0 aliphatic carbocycles. The molecule has 2 aromatic heterocycles. The van der Waals surface area contributed by atoms with Crippen LogP contribution in [-0.2, 0) is 32.5 Å². The summed E-state index contributed by atoms with van der Waals surface area (Å²) in [7, 11) is -6.09. The number of hydrogen-bond donors (Lipinski definition) is 0. The molecule has 2 heterocycles. The first-order chi connectivity index (χ1) is 30.3. The molecule has 0 radical (unpaired) electrons. The molecule has 0 spiro atoms. The van der Waals surface area contributed by atoms with Gasteiger partial charge in [0.25, 0.3) is 0 Å². The van der Waals surface area contributed by atoms with Gasteiger partial charge in [-0.1, -0.05) is 165 Å². The molecule has 346 valence electrons. The zero-order valence-corrected chi connectivity index (χ0v) is 40.8. The first-order valence-electron chi connectivity index (χ1n) is 21.0. The summed E-state index contributed by atoms with van der Waals surface area (Å²) in [6, 6.07) is 46.0. The smallest absolute Gasteiger partial charge is 0.741 e. The van der Waals surface area contributed by atoms with Gasteiger partial charge in [-0.3, -0.25) is 4.98 Å². The predicted octanol–water partition coefficient (Wildman–Crippen LogP) is 14.1. The van der Waals surface area contributed by atoms with Crippen LogP contribution in [0.2, 0.25) is 0 Å². The molecule has 0 saturated carbocycles. The van der Waals surface area contributed by atoms with Crippen molar-refractivity contribution in [3.05, 3.63) is 191 Å². The first kappa shape index (κ1) is 55.7. The third kappa shape index (κ3) is 17.1. The van der Waals surface area contributed by atoms with E-state index in [0.29, 0.717) is 23.7 Å². The molecule has 0 atom stereocenters. The normalized spacial score (nSPS) is 11.5. The summed E-state index contributed by atoms with van der Waals surface area (Å²) >= 11 is 0. The molecular formula is C53H58AgF3N4O3S. The fraction of sp³-hybridized carbons (Fsp3) is 0.283. The summed E-state index contributed by atoms with van der Waals surface area (Å²) in [5.74, 6) is 6.70. The summed E-state index contributed by atoms with van der Waals surface area (Å²) in [6.45, 7) is 21.5. The number of benzene rings is 4. The van der Waals surface area contributed by atoms with Crippen molar-refractivity contribution in [1.29, 1.82) is 0 Å². The summed E-state index contributed by atoms with van der Waals surface area (Å²) < 4.78 is 58.9. The number of para-hydroxylation sites is 2. The van der Waals surface area contributed by atoms with Gasteiger partial charge >= 0.3 is 27.9 Å². The molecule has 7 nitrogen and oxygen atoms in total. The summed E-state index contributed by atoms with van der Waals surface area (Å²) in [4.78, 5) is 20.1. The van der Waals surface area contributed by atoms with E-state index in [1.807, 2.05) is 44.2 Å². The van der Waals surface area contributed by atoms with Crippen molar-refractivity contribution in [2.24, 2.45) is 9.98 Å². The summed E-state index contributed by atoms with van der Waals surface area (Å²) in [5.41, 5.74) is 6.84. The van der Waals surface area contributed by atoms with Crippen LogP contribution in [0, 0.1) is 11.8 Å². The Balaban J connectivity index is 0.000000639. The molecule has 0 bridgehead atoms. The molecule has 0 saturated heterocycles. The van der Waals surface area contributed by atoms with Gasteiger partial charge < -0.3 is 4.55 Å². The van der Waals surface area contributed by atoms with E-state index in [2.05, 4.69) is 175 Å². The van der Waals surface area contributed by atoms with E-state index >= 15 is 0 Å². The van der Waals surface area contributed by atoms with Crippen molar-refractivity contribution < 1.29 is 48.5 Å². The Morgan fingerprint density at radius 1 is 0.523 bits per heavy atom. The quantitative estimate of drug-likeness (QED) is 0.0447. The van der Waals surface area contributed by atoms with Gasteiger partial charge in [0.2, 0.25) is 0 Å². The zero-order chi connectivity index (χ0) is 47.5. The maximum Gasteiger partial charge on any atom is 1.00 e. The van der Waals surface area contributed by atoms with E-state index < -0.39 is 15.6 Å². The van der Waals surface area contributed by atoms with Gasteiger partial charge in [0, 0.05) is 23.5 Å². The second-order valence-corrected chi connectivity index (χ2v) is 17.0. The van der Waals surface area contributed by atoms with Crippen molar-refractivity contribution in [2.45, 2.75) is 98.4 Å². The molecule has 0 fully saturated rings. The second-order valence-electron chi connectivity index (χ2n) is 15.7. The fourth-order valence-corrected chi connectivity index (χ4v) is 6.25. The molecule has 0 amide bonds. The summed E-state index contributed by atoms with van der Waals surface area (Å²) in [5, 5.41) is 0. The molecule has 4 aromatic carbocycles. The fourth-order valence-electron chi connectivity index (χ4n) is 6.25. The van der Waals surface area contributed by atoms with Crippen LogP contribution in [0.3, 0.4) is 0 Å². The Morgan fingerprint density at radius 2 is 0.815 bits per heavy atom. The van der Waals surface area contributed by atoms with Crippen LogP contribution in [0.4, 0.5) is 24.5 Å². The van der Waals surface area contributed by atoms with E-state index in [-0.39, 0.29) is 22.4 Å². The number of alkyl halides is 3. The third-order valence-corrected chi connectivity index (χ3v) is 10.1. The Kier molecular flexibility index (Phi) is 23.2. The minimum Gasteiger partial charge on any atom is -0.741 e. The van der Waals surface area contributed by atoms with Crippen LogP contribution in [0.5, 0.6) is 0 Å². The average Bonchev–Trinajstić information content (AvgIpc) is 3.28. The maximum absolute atomic E-state index is 10.7. The number of pyridine rings is 2. The Morgan fingerprint density at radius 3 is 1.05 bits per heavy atom. The number of nitrogens with zero attached hydrogens (tertiary/aromatic N) is 4. The molecule has 0 aliphatic heterocycles. The van der Waals surface area contributed by atoms with E-state index in [0.717, 1.165) is 45.3 Å². The maximum atomic E-state index is 10.7. The SMILES string of the molecule is CC#CC.CC(C)c1cccc(C(C)C)c1N=C(c1ccccc1)c1cccc(C(=Nc2c(C(C)C)cccc2C(C)C)c2ccccc2)n1.O=S(=O)([O-])C(F)(F)F.[Ag+].c1ccncc1. The van der Waals surface area contributed by atoms with Gasteiger partial charge in [-0.25, -0.2) is 23.4 Å². The molecule has 0 unspecified atom stereocenters. The van der Waals surface area contributed by atoms with Gasteiger partial charge in [0.15, 0.2) is 10.1 Å². The largest absolute Gasteiger partial charge is 1.00 e. The van der Waals surface area contributed by atoms with Gasteiger partial charge in [-0.15, -0.1) is 11.8 Å². The van der Waals surface area contributed by atoms with Crippen LogP contribution >= 0.6 is 0 Å². The summed E-state index contributed by atoms with van der Waals surface area (Å²) in [6.07, 6.45) is 3.50. The van der Waals surface area contributed by atoms with Gasteiger partial charge in [-0.05, 0) is 84.0 Å². The Hall–Kier alpha value is -5.48. The minimum atomic E-state index is -6.09. The predicted molar refractivity (Wildman–Crippen MR) is 256 cm³/mol. The van der Waals surface area contributed by atoms with Crippen molar-refractivity contribution in [3.8, 4) is 11.8 Å². The number of aromatic nitrogens is 2. The van der Waals surface area contributed by atoms with Gasteiger partial charge in [0.1, 0.15) is 0 Å². The average molecular weight is 996 g/mol. The van der Waals surface area contributed by atoms with Gasteiger partial charge in [-0.2, -0.15) is 13.2 Å². The second kappa shape index (κ2) is 27.1. The van der Waals surface area contributed by atoms with Crippen LogP contribution in [0.15, 0.2) is 156 Å². The number of hydrogen-bond acceptors (Lipinski definition) is 7. The Bertz CT molecular complexity index is 2390. The molecule has 0 N–H and O–H groups in total. The molecular weight excluding hydrogens is 938 g/mol. The van der Waals surface area contributed by atoms with Gasteiger partial charge in [0.05, 0.1) is 34.2 Å². The molecule has 12 heteroatoms. The van der Waals surface area contributed by atoms with E-state index in [4.69, 9.17) is 27.9 Å². The zero-order valence-electron chi connectivity index (χ0n) is 38.5. The molecule has 65 heavy (non-hydrogen) atoms. The number of halogens is 3. The Labute approximate surface area is 400 Å². The topological polar surface area (TPSA) is 108 Å². The molecule has 6 aromatic rings. The van der Waals surface area contributed by atoms with Crippen molar-refractivity contribution in [3.63, 3.8) is 0 Å². The first-order valence-corrected chi connectivity index (χ1v) is 22.4. The standard InChI is InChI=1S/C43H47N3.C5H5N.C4H6.CHF3O3S.Ag/c1-28(2)34-22-15-23-35(29(3)4)42(34)45-40(32-18-11-9-12-19-32)38-26-17-27-39(44-38)41(33-20-13-10-14-21-33)46-43-36(30(5)6)24-16-25-37(43)31(7)8;1-2-4-6-5-3-1;1-3-4-2;2-1(3,4)8(5,6)7;/h9-31H,1-8H3;1-5H;1-2H3;(H,5,6,7);/q;;;;+1/p-1. The third-order valence-electron chi connectivity index (χ3n) is 9.56. The van der Waals surface area contributed by atoms with E-state index in [1.165, 1.54) is 22.3 Å². The van der Waals surface area contributed by atoms with Crippen molar-refractivity contribution in [2.75, 3.05) is 0 Å². The van der Waals surface area contributed by atoms with Crippen LogP contribution in [-0.4, -0.2) is 39.9 Å².